The average Bonchev–Trinajstić information content (AvgIpc) is 2.42. The summed E-state index contributed by atoms with van der Waals surface area (Å²) in [5.74, 6) is -0.270. The molecule has 1 atom stereocenters. The second-order valence-electron chi connectivity index (χ2n) is 4.80. The molecule has 0 aromatic heterocycles. The van der Waals surface area contributed by atoms with Gasteiger partial charge in [0.1, 0.15) is 11.6 Å². The van der Waals surface area contributed by atoms with E-state index in [1.165, 1.54) is 18.2 Å². The molecule has 0 saturated carbocycles. The zero-order chi connectivity index (χ0) is 15.4. The Hall–Kier alpha value is -2.17. The first kappa shape index (κ1) is 15.2. The summed E-state index contributed by atoms with van der Waals surface area (Å²) in [6.07, 6.45) is 0. The Labute approximate surface area is 121 Å². The van der Waals surface area contributed by atoms with Crippen LogP contribution in [0.25, 0.3) is 0 Å². The third kappa shape index (κ3) is 4.15. The summed E-state index contributed by atoms with van der Waals surface area (Å²) >= 11 is 0. The van der Waals surface area contributed by atoms with Crippen molar-refractivity contribution in [3.63, 3.8) is 0 Å². The molecule has 2 nitrogen and oxygen atoms in total. The van der Waals surface area contributed by atoms with Gasteiger partial charge < -0.3 is 10.1 Å². The van der Waals surface area contributed by atoms with E-state index >= 15 is 0 Å². The lowest BCUT2D eigenvalue weighted by atomic mass is 10.1. The maximum atomic E-state index is 13.7. The van der Waals surface area contributed by atoms with Crippen LogP contribution in [0.4, 0.5) is 18.9 Å². The molecular formula is C16H16F3NO. The second kappa shape index (κ2) is 6.52. The fourth-order valence-corrected chi connectivity index (χ4v) is 2.03. The molecule has 2 rings (SSSR count). The average molecular weight is 295 g/mol. The van der Waals surface area contributed by atoms with Crippen LogP contribution in [0.5, 0.6) is 5.75 Å². The van der Waals surface area contributed by atoms with Crippen molar-refractivity contribution in [1.29, 1.82) is 0 Å². The van der Waals surface area contributed by atoms with Crippen LogP contribution in [-0.2, 0) is 0 Å². The van der Waals surface area contributed by atoms with E-state index < -0.39 is 6.61 Å². The minimum Gasteiger partial charge on any atom is -0.435 e. The van der Waals surface area contributed by atoms with Crippen molar-refractivity contribution in [2.24, 2.45) is 0 Å². The van der Waals surface area contributed by atoms with Gasteiger partial charge in [-0.2, -0.15) is 8.78 Å². The van der Waals surface area contributed by atoms with Crippen LogP contribution in [0.2, 0.25) is 0 Å². The first-order chi connectivity index (χ1) is 9.95. The SMILES string of the molecule is Cc1ccc(F)c(NC(C)c2cccc(OC(F)F)c2)c1. The number of rotatable bonds is 5. The zero-order valence-electron chi connectivity index (χ0n) is 11.7. The molecule has 0 heterocycles. The molecule has 0 spiro atoms. The van der Waals surface area contributed by atoms with E-state index in [1.807, 2.05) is 13.8 Å². The normalized spacial score (nSPS) is 12.3. The summed E-state index contributed by atoms with van der Waals surface area (Å²) in [7, 11) is 0. The van der Waals surface area contributed by atoms with E-state index in [-0.39, 0.29) is 17.6 Å². The number of hydrogen-bond acceptors (Lipinski definition) is 2. The molecule has 2 aromatic rings. The van der Waals surface area contributed by atoms with Gasteiger partial charge in [0.25, 0.3) is 0 Å². The lowest BCUT2D eigenvalue weighted by molar-refractivity contribution is -0.0498. The van der Waals surface area contributed by atoms with E-state index in [0.717, 1.165) is 11.1 Å². The summed E-state index contributed by atoms with van der Waals surface area (Å²) < 4.78 is 42.5. The number of aryl methyl sites for hydroxylation is 1. The molecular weight excluding hydrogens is 279 g/mol. The molecule has 0 aliphatic rings. The van der Waals surface area contributed by atoms with Crippen LogP contribution in [0.1, 0.15) is 24.1 Å². The predicted octanol–water partition coefficient (Wildman–Crippen LogP) is 4.91. The molecule has 0 bridgehead atoms. The third-order valence-electron chi connectivity index (χ3n) is 3.08. The predicted molar refractivity (Wildman–Crippen MR) is 76.2 cm³/mol. The molecule has 5 heteroatoms. The quantitative estimate of drug-likeness (QED) is 0.846. The van der Waals surface area contributed by atoms with Crippen molar-refractivity contribution in [3.05, 3.63) is 59.4 Å². The van der Waals surface area contributed by atoms with Crippen molar-refractivity contribution >= 4 is 5.69 Å². The van der Waals surface area contributed by atoms with Crippen LogP contribution in [0, 0.1) is 12.7 Å². The highest BCUT2D eigenvalue weighted by atomic mass is 19.3. The number of ether oxygens (including phenoxy) is 1. The largest absolute Gasteiger partial charge is 0.435 e. The summed E-state index contributed by atoms with van der Waals surface area (Å²) in [4.78, 5) is 0. The zero-order valence-corrected chi connectivity index (χ0v) is 11.7. The third-order valence-corrected chi connectivity index (χ3v) is 3.08. The lowest BCUT2D eigenvalue weighted by Crippen LogP contribution is -2.09. The Balaban J connectivity index is 2.16. The molecule has 0 saturated heterocycles. The monoisotopic (exact) mass is 295 g/mol. The molecule has 1 N–H and O–H groups in total. The van der Waals surface area contributed by atoms with Gasteiger partial charge in [-0.25, -0.2) is 4.39 Å². The fourth-order valence-electron chi connectivity index (χ4n) is 2.03. The standard InChI is InChI=1S/C16H16F3NO/c1-10-6-7-14(17)15(8-10)20-11(2)12-4-3-5-13(9-12)21-16(18)19/h3-9,11,16,20H,1-2H3. The molecule has 0 radical (unpaired) electrons. The molecule has 0 fully saturated rings. The Morgan fingerprint density at radius 1 is 1.10 bits per heavy atom. The smallest absolute Gasteiger partial charge is 0.387 e. The van der Waals surface area contributed by atoms with E-state index in [9.17, 15) is 13.2 Å². The van der Waals surface area contributed by atoms with Crippen LogP contribution in [0.15, 0.2) is 42.5 Å². The van der Waals surface area contributed by atoms with E-state index in [1.54, 1.807) is 24.3 Å². The first-order valence-corrected chi connectivity index (χ1v) is 6.53. The lowest BCUT2D eigenvalue weighted by Gasteiger charge is -2.17. The van der Waals surface area contributed by atoms with Gasteiger partial charge in [-0.05, 0) is 49.2 Å². The van der Waals surface area contributed by atoms with Crippen LogP contribution in [-0.4, -0.2) is 6.61 Å². The number of alkyl halides is 2. The Morgan fingerprint density at radius 2 is 1.86 bits per heavy atom. The Kier molecular flexibility index (Phi) is 4.73. The van der Waals surface area contributed by atoms with Gasteiger partial charge in [0.2, 0.25) is 0 Å². The fraction of sp³-hybridized carbons (Fsp3) is 0.250. The maximum Gasteiger partial charge on any atom is 0.387 e. The van der Waals surface area contributed by atoms with Crippen molar-refractivity contribution in [3.8, 4) is 5.75 Å². The van der Waals surface area contributed by atoms with Crippen LogP contribution >= 0.6 is 0 Å². The number of halogens is 3. The van der Waals surface area contributed by atoms with Crippen LogP contribution in [0.3, 0.4) is 0 Å². The minimum atomic E-state index is -2.86. The summed E-state index contributed by atoms with van der Waals surface area (Å²) in [5.41, 5.74) is 2.04. The molecule has 0 aliphatic heterocycles. The van der Waals surface area contributed by atoms with Crippen molar-refractivity contribution in [2.45, 2.75) is 26.5 Å². The van der Waals surface area contributed by atoms with Gasteiger partial charge in [0, 0.05) is 6.04 Å². The molecule has 1 unspecified atom stereocenters. The second-order valence-corrected chi connectivity index (χ2v) is 4.80. The topological polar surface area (TPSA) is 21.3 Å². The number of nitrogens with one attached hydrogen (secondary N) is 1. The number of benzene rings is 2. The van der Waals surface area contributed by atoms with Crippen molar-refractivity contribution < 1.29 is 17.9 Å². The first-order valence-electron chi connectivity index (χ1n) is 6.53. The van der Waals surface area contributed by atoms with Gasteiger partial charge in [0.05, 0.1) is 5.69 Å². The highest BCUT2D eigenvalue weighted by Crippen LogP contribution is 2.25. The Bertz CT molecular complexity index is 616. The highest BCUT2D eigenvalue weighted by Gasteiger charge is 2.11. The van der Waals surface area contributed by atoms with Gasteiger partial charge in [-0.3, -0.25) is 0 Å². The molecule has 2 aromatic carbocycles. The number of anilines is 1. The van der Waals surface area contributed by atoms with Crippen molar-refractivity contribution in [1.82, 2.24) is 0 Å². The van der Waals surface area contributed by atoms with Gasteiger partial charge >= 0.3 is 6.61 Å². The molecule has 0 amide bonds. The van der Waals surface area contributed by atoms with Crippen LogP contribution < -0.4 is 10.1 Å². The molecule has 21 heavy (non-hydrogen) atoms. The van der Waals surface area contributed by atoms with E-state index in [4.69, 9.17) is 0 Å². The molecule has 0 aliphatic carbocycles. The van der Waals surface area contributed by atoms with Gasteiger partial charge in [0.15, 0.2) is 0 Å². The van der Waals surface area contributed by atoms with Gasteiger partial charge in [-0.1, -0.05) is 18.2 Å². The summed E-state index contributed by atoms with van der Waals surface area (Å²) in [5, 5.41) is 3.03. The van der Waals surface area contributed by atoms with E-state index in [2.05, 4.69) is 10.1 Å². The summed E-state index contributed by atoms with van der Waals surface area (Å²) in [6.45, 7) is 0.827. The molecule has 112 valence electrons. The maximum absolute atomic E-state index is 13.7. The Morgan fingerprint density at radius 3 is 2.57 bits per heavy atom. The van der Waals surface area contributed by atoms with Gasteiger partial charge in [-0.15, -0.1) is 0 Å². The summed E-state index contributed by atoms with van der Waals surface area (Å²) in [6, 6.07) is 10.9. The number of hydrogen-bond donors (Lipinski definition) is 1. The minimum absolute atomic E-state index is 0.0841. The van der Waals surface area contributed by atoms with Crippen molar-refractivity contribution in [2.75, 3.05) is 5.32 Å². The highest BCUT2D eigenvalue weighted by molar-refractivity contribution is 5.49. The van der Waals surface area contributed by atoms with E-state index in [0.29, 0.717) is 5.69 Å².